The number of hydrogen-bond acceptors (Lipinski definition) is 16. The van der Waals surface area contributed by atoms with Crippen LogP contribution in [0.15, 0.2) is 258 Å². The van der Waals surface area contributed by atoms with Gasteiger partial charge >= 0.3 is 22.5 Å². The maximum absolute atomic E-state index is 13.0. The lowest BCUT2D eigenvalue weighted by molar-refractivity contribution is -0.0442. The Balaban J connectivity index is 0.000000277. The van der Waals surface area contributed by atoms with E-state index in [2.05, 4.69) is 29.1 Å². The van der Waals surface area contributed by atoms with Gasteiger partial charge in [0.2, 0.25) is 0 Å². The summed E-state index contributed by atoms with van der Waals surface area (Å²) in [5.74, 6) is -2.55. The van der Waals surface area contributed by atoms with Gasteiger partial charge in [-0.25, -0.2) is 30.0 Å². The van der Waals surface area contributed by atoms with E-state index in [1.165, 1.54) is 60.7 Å². The molecule has 33 heteroatoms. The molecule has 0 aliphatic carbocycles. The van der Waals surface area contributed by atoms with Gasteiger partial charge in [-0.05, 0) is 146 Å². The monoisotopic (exact) mass is 1610 g/mol. The first-order valence-electron chi connectivity index (χ1n) is 33.3. The second-order valence-corrected chi connectivity index (χ2v) is 28.6. The summed E-state index contributed by atoms with van der Waals surface area (Å²) in [5, 5.41) is 16.5. The number of Topliss-reactive ketones (excluding diaryl/α,β-unsaturated/α-hetero) is 2. The van der Waals surface area contributed by atoms with Crippen molar-refractivity contribution in [2.45, 2.75) is 76.7 Å². The van der Waals surface area contributed by atoms with Gasteiger partial charge in [0, 0.05) is 35.3 Å². The van der Waals surface area contributed by atoms with Crippen molar-refractivity contribution in [2.75, 3.05) is 48.7 Å². The molecule has 20 nitrogen and oxygen atoms in total. The van der Waals surface area contributed by atoms with Gasteiger partial charge in [-0.15, -0.1) is 13.2 Å². The zero-order valence-corrected chi connectivity index (χ0v) is 61.0. The molecule has 0 heterocycles. The van der Waals surface area contributed by atoms with Crippen LogP contribution in [-0.4, -0.2) is 109 Å². The van der Waals surface area contributed by atoms with E-state index in [9.17, 15) is 97.9 Å². The number of ketones is 2. The van der Waals surface area contributed by atoms with Crippen molar-refractivity contribution in [2.24, 2.45) is 0 Å². The van der Waals surface area contributed by atoms with Crippen LogP contribution in [0.1, 0.15) is 107 Å². The van der Waals surface area contributed by atoms with Crippen molar-refractivity contribution in [3.8, 4) is 17.2 Å². The van der Waals surface area contributed by atoms with E-state index in [-0.39, 0.29) is 80.1 Å². The topological polar surface area (TPSA) is 315 Å². The summed E-state index contributed by atoms with van der Waals surface area (Å²) in [5.41, 5.74) is -8.99. The summed E-state index contributed by atoms with van der Waals surface area (Å²) in [4.78, 5) is 71.9. The lowest BCUT2D eigenvalue weighted by Gasteiger charge is -2.14. The average Bonchev–Trinajstić information content (AvgIpc) is 0.780. The Morgan fingerprint density at radius 3 is 1.14 bits per heavy atom. The van der Waals surface area contributed by atoms with Crippen molar-refractivity contribution < 1.29 is 119 Å². The first-order chi connectivity index (χ1) is 52.9. The number of carbonyl (C=O) groups is 6. The zero-order chi connectivity index (χ0) is 83.0. The molecule has 0 spiro atoms. The Labute approximate surface area is 633 Å². The predicted molar refractivity (Wildman–Crippen MR) is 397 cm³/mol. The van der Waals surface area contributed by atoms with Crippen LogP contribution < -0.4 is 35.9 Å². The van der Waals surface area contributed by atoms with Crippen LogP contribution in [0.3, 0.4) is 0 Å². The number of nitrogen functional groups attached to an aromatic ring is 1. The van der Waals surface area contributed by atoms with Crippen LogP contribution in [0, 0.1) is 0 Å². The summed E-state index contributed by atoms with van der Waals surface area (Å²) in [6.45, 7) is 10.4. The van der Waals surface area contributed by atoms with Gasteiger partial charge in [0.15, 0.2) is 11.6 Å². The predicted octanol–water partition coefficient (Wildman–Crippen LogP) is 17.2. The first-order valence-corrected chi connectivity index (χ1v) is 37.0. The number of nitrogens with one attached hydrogen (secondary N) is 3. The van der Waals surface area contributed by atoms with Gasteiger partial charge in [-0.1, -0.05) is 129 Å². The maximum atomic E-state index is 13.0. The number of hydrogen-bond donors (Lipinski definition) is 5. The third-order valence-electron chi connectivity index (χ3n) is 14.9. The summed E-state index contributed by atoms with van der Waals surface area (Å²) in [7, 11) is -17.6. The minimum Gasteiger partial charge on any atom is -0.493 e. The van der Waals surface area contributed by atoms with Crippen LogP contribution in [0.2, 0.25) is 0 Å². The molecule has 0 aliphatic rings. The number of benzene rings is 9. The highest BCUT2D eigenvalue weighted by molar-refractivity contribution is 7.92. The van der Waals surface area contributed by atoms with E-state index in [1.807, 2.05) is 6.92 Å². The number of halogens is 10. The van der Waals surface area contributed by atoms with Crippen molar-refractivity contribution in [1.29, 1.82) is 0 Å². The fourth-order valence-electron chi connectivity index (χ4n) is 9.46. The number of carboxylic acid groups (broad SMARTS) is 1. The summed E-state index contributed by atoms with van der Waals surface area (Å²) in [6, 6.07) is 50.5. The molecule has 0 aliphatic heterocycles. The molecule has 0 fully saturated rings. The molecule has 0 atom stereocenters. The second kappa shape index (κ2) is 41.6. The molecule has 9 aromatic carbocycles. The number of rotatable bonds is 28. The van der Waals surface area contributed by atoms with Crippen molar-refractivity contribution in [3.05, 3.63) is 288 Å². The number of ether oxygens (including phenoxy) is 3. The van der Waals surface area contributed by atoms with Gasteiger partial charge in [0.05, 0.1) is 71.1 Å². The van der Waals surface area contributed by atoms with Crippen molar-refractivity contribution in [3.63, 3.8) is 0 Å². The maximum Gasteiger partial charge on any atom is 0.501 e. The molecule has 0 bridgehead atoms. The van der Waals surface area contributed by atoms with Gasteiger partial charge in [0.25, 0.3) is 47.2 Å². The van der Waals surface area contributed by atoms with Crippen LogP contribution in [0.25, 0.3) is 0 Å². The number of nitrogens with two attached hydrogens (primary N) is 1. The van der Waals surface area contributed by atoms with E-state index < -0.39 is 103 Å². The smallest absolute Gasteiger partial charge is 0.493 e. The van der Waals surface area contributed by atoms with E-state index >= 15 is 0 Å². The Bertz CT molecular complexity index is 5150. The third-order valence-corrected chi connectivity index (χ3v) is 19.4. The molecule has 0 aromatic heterocycles. The van der Waals surface area contributed by atoms with Gasteiger partial charge in [-0.2, -0.15) is 39.5 Å². The first kappa shape index (κ1) is 87.9. The number of carbonyl (C=O) groups excluding carboxylic acids is 5. The van der Waals surface area contributed by atoms with Gasteiger partial charge in [0.1, 0.15) is 22.8 Å². The molecular weight excluding hydrogens is 1540 g/mol. The summed E-state index contributed by atoms with van der Waals surface area (Å²) in [6.07, 6.45) is 5.68. The molecule has 0 saturated heterocycles. The largest absolute Gasteiger partial charge is 0.501 e. The molecule has 0 radical (unpaired) electrons. The van der Waals surface area contributed by atoms with Gasteiger partial charge < -0.3 is 41.0 Å². The van der Waals surface area contributed by atoms with E-state index in [1.54, 1.807) is 115 Å². The SMILES string of the molecule is C=CCCOc1ccccc1C(=O)Nc1ccccc1C(=O)Cc1cccc(S(=O)(=O)C(F)(F)F)c1.C=CCCOc1ccccc1C(=O)O.CCCCOc1ccccc1C(=O)Nc1ccccc1C(=O)Cc1cccc(S(=O)(=O)C(F)(F)F)c1.Nc1ccccc1C(=O)Nc1cccc(S(=O)(=O)C(F)(F)F)c1.[2H]CF. The minimum absolute atomic E-state index is 0.0763. The van der Waals surface area contributed by atoms with Crippen molar-refractivity contribution in [1.82, 2.24) is 0 Å². The fraction of sp³-hybridized carbons (Fsp3) is 0.179. The normalized spacial score (nSPS) is 11.4. The Kier molecular flexibility index (Phi) is 32.9. The summed E-state index contributed by atoms with van der Waals surface area (Å²) < 4.78 is 217. The standard InChI is InChI=1S/C26H24F3NO5S.C26H22F3NO5S.C14H11F3N2O3S.C11H12O3.CH3F/c2*1-2-3-15-35-24-14-7-5-12-21(24)25(32)30-22-13-6-4-11-20(22)23(31)17-18-9-8-10-19(16-18)36(33,34)26(27,28)29;15-14(16,17)23(21,22)10-5-3-4-9(8-10)19-13(20)11-6-1-2-7-12(11)18;1-2-3-8-14-10-7-5-4-6-9(10)11(12)13;1-2/h4-14,16H,2-3,15,17H2,1H3,(H,30,32);2,4-14,16H,1,3,15,17H2,(H,30,32);1-8H,18H2,(H,19,20);2,4-7H,1,3,8H2,(H,12,13);1H3/i;;;;1D. The Hall–Kier alpha value is -12.0. The number of anilines is 4. The number of aromatic carboxylic acids is 1. The molecule has 0 saturated carbocycles. The highest BCUT2D eigenvalue weighted by Gasteiger charge is 2.49. The zero-order valence-electron chi connectivity index (χ0n) is 59.6. The Morgan fingerprint density at radius 2 is 0.766 bits per heavy atom. The number of carboxylic acids is 1. The molecule has 111 heavy (non-hydrogen) atoms. The minimum atomic E-state index is -5.55. The van der Waals surface area contributed by atoms with E-state index in [4.69, 9.17) is 26.4 Å². The number of unbranched alkanes of at least 4 members (excludes halogenated alkanes) is 1. The van der Waals surface area contributed by atoms with Crippen LogP contribution in [-0.2, 0) is 42.4 Å². The Morgan fingerprint density at radius 1 is 0.441 bits per heavy atom. The highest BCUT2D eigenvalue weighted by atomic mass is 32.2. The molecule has 9 rings (SSSR count). The number of sulfone groups is 3. The van der Waals surface area contributed by atoms with Crippen molar-refractivity contribution >= 4 is 87.5 Å². The number of alkyl halides is 10. The van der Waals surface area contributed by atoms with Crippen LogP contribution in [0.5, 0.6) is 17.2 Å². The summed E-state index contributed by atoms with van der Waals surface area (Å²) >= 11 is 0. The average molecular weight is 1610 g/mol. The molecule has 9 aromatic rings. The molecule has 0 unspecified atom stereocenters. The van der Waals surface area contributed by atoms with E-state index in [0.29, 0.717) is 49.9 Å². The fourth-order valence-corrected chi connectivity index (χ4v) is 11.9. The van der Waals surface area contributed by atoms with E-state index in [0.717, 1.165) is 67.4 Å². The number of amides is 3. The lowest BCUT2D eigenvalue weighted by Crippen LogP contribution is -2.23. The second-order valence-electron chi connectivity index (χ2n) is 22.8. The quantitative estimate of drug-likeness (QED) is 0.0100. The molecular formula is C78H72F10N4O16S3. The van der Waals surface area contributed by atoms with Gasteiger partial charge in [-0.3, -0.25) is 28.4 Å². The van der Waals surface area contributed by atoms with Crippen LogP contribution in [0.4, 0.5) is 66.7 Å². The molecule has 6 N–H and O–H groups in total. The molecule has 588 valence electrons. The number of para-hydroxylation sites is 6. The third kappa shape index (κ3) is 25.6. The lowest BCUT2D eigenvalue weighted by atomic mass is 10.0. The van der Waals surface area contributed by atoms with Crippen LogP contribution >= 0.6 is 0 Å². The highest BCUT2D eigenvalue weighted by Crippen LogP contribution is 2.35. The molecule has 3 amide bonds.